The summed E-state index contributed by atoms with van der Waals surface area (Å²) in [5, 5.41) is 0. The second-order valence-corrected chi connectivity index (χ2v) is 8.61. The molecule has 4 aromatic rings. The predicted molar refractivity (Wildman–Crippen MR) is 117 cm³/mol. The molecule has 0 aliphatic heterocycles. The highest BCUT2D eigenvalue weighted by Crippen LogP contribution is 2.43. The van der Waals surface area contributed by atoms with E-state index >= 15 is 0 Å². The van der Waals surface area contributed by atoms with Crippen LogP contribution in [0.25, 0.3) is 31.9 Å². The van der Waals surface area contributed by atoms with Crippen molar-refractivity contribution >= 4 is 82.6 Å². The summed E-state index contributed by atoms with van der Waals surface area (Å²) in [7, 11) is 14.3. The Morgan fingerprint density at radius 2 is 1.21 bits per heavy atom. The SMILES string of the molecule is [B]c1ccc(-c2c(C(=O)OC)c(C(=O)OC)c(-c3ccc([B])s3)c3nsnc23)s1. The first-order valence-electron chi connectivity index (χ1n) is 8.16. The van der Waals surface area contributed by atoms with Crippen LogP contribution in [-0.4, -0.2) is 50.6 Å². The van der Waals surface area contributed by atoms with Crippen molar-refractivity contribution in [1.82, 2.24) is 8.75 Å². The third-order valence-corrected chi connectivity index (χ3v) is 6.63. The van der Waals surface area contributed by atoms with Gasteiger partial charge in [0.2, 0.25) is 0 Å². The first-order valence-corrected chi connectivity index (χ1v) is 10.5. The Morgan fingerprint density at radius 3 is 1.52 bits per heavy atom. The molecule has 0 aliphatic rings. The van der Waals surface area contributed by atoms with E-state index in [2.05, 4.69) is 8.75 Å². The molecule has 0 N–H and O–H groups in total. The first kappa shape index (κ1) is 19.8. The Bertz CT molecular complexity index is 1170. The molecular weight excluding hydrogens is 426 g/mol. The van der Waals surface area contributed by atoms with Crippen molar-refractivity contribution in [2.24, 2.45) is 0 Å². The summed E-state index contributed by atoms with van der Waals surface area (Å²) in [5.41, 5.74) is 1.96. The number of fused-ring (bicyclic) bond motifs is 1. The Kier molecular flexibility index (Phi) is 5.28. The molecule has 6 nitrogen and oxygen atoms in total. The Hall–Kier alpha value is -2.49. The zero-order chi connectivity index (χ0) is 20.7. The zero-order valence-electron chi connectivity index (χ0n) is 15.2. The van der Waals surface area contributed by atoms with Gasteiger partial charge in [-0.3, -0.25) is 0 Å². The van der Waals surface area contributed by atoms with Gasteiger partial charge in [0, 0.05) is 20.9 Å². The van der Waals surface area contributed by atoms with Gasteiger partial charge >= 0.3 is 11.9 Å². The van der Waals surface area contributed by atoms with Crippen molar-refractivity contribution in [2.45, 2.75) is 0 Å². The summed E-state index contributed by atoms with van der Waals surface area (Å²) in [6, 6.07) is 6.98. The second kappa shape index (κ2) is 7.74. The van der Waals surface area contributed by atoms with Crippen molar-refractivity contribution in [3.8, 4) is 20.9 Å². The summed E-state index contributed by atoms with van der Waals surface area (Å²) < 4.78 is 20.0. The number of hydrogen-bond acceptors (Lipinski definition) is 9. The van der Waals surface area contributed by atoms with Crippen molar-refractivity contribution in [3.05, 3.63) is 35.4 Å². The quantitative estimate of drug-likeness (QED) is 0.361. The number of methoxy groups -OCH3 is 2. The van der Waals surface area contributed by atoms with Crippen LogP contribution >= 0.6 is 34.4 Å². The fourth-order valence-corrected chi connectivity index (χ4v) is 5.28. The smallest absolute Gasteiger partial charge is 0.339 e. The van der Waals surface area contributed by atoms with Crippen LogP contribution in [0.1, 0.15) is 20.7 Å². The van der Waals surface area contributed by atoms with Gasteiger partial charge in [0.25, 0.3) is 0 Å². The number of thiophene rings is 2. The van der Waals surface area contributed by atoms with Crippen LogP contribution in [0.3, 0.4) is 0 Å². The molecular formula is C18H10B2N2O4S3. The van der Waals surface area contributed by atoms with Gasteiger partial charge in [0.05, 0.1) is 37.1 Å². The maximum Gasteiger partial charge on any atom is 0.339 e. The lowest BCUT2D eigenvalue weighted by molar-refractivity contribution is 0.0557. The number of hydrogen-bond donors (Lipinski definition) is 0. The van der Waals surface area contributed by atoms with Crippen molar-refractivity contribution in [2.75, 3.05) is 14.2 Å². The number of carbonyl (C=O) groups excluding carboxylic acids is 2. The lowest BCUT2D eigenvalue weighted by atomic mass is 9.91. The number of nitrogens with zero attached hydrogens (tertiary/aromatic N) is 2. The van der Waals surface area contributed by atoms with Crippen LogP contribution < -0.4 is 9.55 Å². The molecule has 4 radical (unpaired) electrons. The number of aromatic nitrogens is 2. The Morgan fingerprint density at radius 1 is 0.793 bits per heavy atom. The summed E-state index contributed by atoms with van der Waals surface area (Å²) >= 11 is 3.53. The number of benzene rings is 1. The molecule has 0 atom stereocenters. The maximum absolute atomic E-state index is 12.9. The summed E-state index contributed by atoms with van der Waals surface area (Å²) in [6.07, 6.45) is 0. The highest BCUT2D eigenvalue weighted by molar-refractivity contribution is 7.23. The predicted octanol–water partition coefficient (Wildman–Crippen LogP) is 2.31. The molecule has 0 aliphatic carbocycles. The largest absolute Gasteiger partial charge is 0.465 e. The standard InChI is InChI=1S/C18H10B2N2O4S3/c1-25-17(23)13-11(7-3-5-9(19)27-7)15-16(22-29-21-15)12(14(13)18(24)26-2)8-4-6-10(20)28-8/h3-6H,1-2H3. The van der Waals surface area contributed by atoms with Crippen LogP contribution in [0.2, 0.25) is 0 Å². The monoisotopic (exact) mass is 436 g/mol. The fourth-order valence-electron chi connectivity index (χ4n) is 3.07. The number of ether oxygens (including phenoxy) is 2. The van der Waals surface area contributed by atoms with E-state index in [1.807, 2.05) is 0 Å². The molecule has 3 aromatic heterocycles. The molecule has 4 rings (SSSR count). The first-order chi connectivity index (χ1) is 14.0. The summed E-state index contributed by atoms with van der Waals surface area (Å²) in [6.45, 7) is 0. The van der Waals surface area contributed by atoms with E-state index in [1.165, 1.54) is 36.9 Å². The van der Waals surface area contributed by atoms with E-state index in [0.717, 1.165) is 11.7 Å². The zero-order valence-corrected chi connectivity index (χ0v) is 17.7. The molecule has 11 heteroatoms. The van der Waals surface area contributed by atoms with Crippen LogP contribution in [0, 0.1) is 0 Å². The minimum absolute atomic E-state index is 0.0587. The molecule has 0 saturated carbocycles. The van der Waals surface area contributed by atoms with Gasteiger partial charge in [0.1, 0.15) is 26.7 Å². The van der Waals surface area contributed by atoms with Crippen molar-refractivity contribution in [3.63, 3.8) is 0 Å². The van der Waals surface area contributed by atoms with Gasteiger partial charge in [-0.2, -0.15) is 31.4 Å². The second-order valence-electron chi connectivity index (χ2n) is 5.85. The van der Waals surface area contributed by atoms with Gasteiger partial charge in [0.15, 0.2) is 0 Å². The summed E-state index contributed by atoms with van der Waals surface area (Å²) in [5.74, 6) is -1.37. The number of rotatable bonds is 4. The van der Waals surface area contributed by atoms with Gasteiger partial charge in [-0.1, -0.05) is 12.1 Å². The molecule has 29 heavy (non-hydrogen) atoms. The minimum Gasteiger partial charge on any atom is -0.465 e. The van der Waals surface area contributed by atoms with Gasteiger partial charge < -0.3 is 9.47 Å². The minimum atomic E-state index is -0.687. The third-order valence-electron chi connectivity index (χ3n) is 4.24. The Balaban J connectivity index is 2.23. The normalized spacial score (nSPS) is 11.0. The molecule has 0 fully saturated rings. The van der Waals surface area contributed by atoms with E-state index in [4.69, 9.17) is 25.2 Å². The lowest BCUT2D eigenvalue weighted by Gasteiger charge is -2.16. The average molecular weight is 436 g/mol. The van der Waals surface area contributed by atoms with E-state index in [1.54, 1.807) is 24.3 Å². The number of esters is 2. The molecule has 0 spiro atoms. The van der Waals surface area contributed by atoms with E-state index < -0.39 is 11.9 Å². The lowest BCUT2D eigenvalue weighted by Crippen LogP contribution is -2.15. The molecule has 0 bridgehead atoms. The van der Waals surface area contributed by atoms with Crippen LogP contribution in [0.4, 0.5) is 0 Å². The molecule has 3 heterocycles. The molecule has 140 valence electrons. The molecule has 0 saturated heterocycles. The molecule has 1 aromatic carbocycles. The number of carbonyl (C=O) groups is 2. The molecule has 0 amide bonds. The van der Waals surface area contributed by atoms with Gasteiger partial charge in [-0.05, 0) is 21.7 Å². The van der Waals surface area contributed by atoms with Crippen molar-refractivity contribution in [1.29, 1.82) is 0 Å². The van der Waals surface area contributed by atoms with E-state index in [0.29, 0.717) is 41.5 Å². The topological polar surface area (TPSA) is 78.4 Å². The average Bonchev–Trinajstić information content (AvgIpc) is 3.46. The van der Waals surface area contributed by atoms with Crippen molar-refractivity contribution < 1.29 is 19.1 Å². The van der Waals surface area contributed by atoms with E-state index in [-0.39, 0.29) is 11.1 Å². The van der Waals surface area contributed by atoms with Gasteiger partial charge in [-0.15, -0.1) is 0 Å². The van der Waals surface area contributed by atoms with Gasteiger partial charge in [-0.25, -0.2) is 9.59 Å². The van der Waals surface area contributed by atoms with Crippen LogP contribution in [0.15, 0.2) is 24.3 Å². The highest BCUT2D eigenvalue weighted by Gasteiger charge is 2.33. The maximum atomic E-state index is 12.9. The summed E-state index contributed by atoms with van der Waals surface area (Å²) in [4.78, 5) is 27.1. The van der Waals surface area contributed by atoms with Crippen LogP contribution in [-0.2, 0) is 9.47 Å². The Labute approximate surface area is 180 Å². The third kappa shape index (κ3) is 3.29. The van der Waals surface area contributed by atoms with Crippen LogP contribution in [0.5, 0.6) is 0 Å². The molecule has 0 unspecified atom stereocenters. The van der Waals surface area contributed by atoms with E-state index in [9.17, 15) is 9.59 Å². The fraction of sp³-hybridized carbons (Fsp3) is 0.111. The highest BCUT2D eigenvalue weighted by atomic mass is 32.1.